The molecular formula is C17H14FNO2. The molecule has 0 spiro atoms. The van der Waals surface area contributed by atoms with Crippen LogP contribution in [0.4, 0.5) is 10.1 Å². The predicted molar refractivity (Wildman–Crippen MR) is 80.5 cm³/mol. The summed E-state index contributed by atoms with van der Waals surface area (Å²) in [6, 6.07) is 12.6. The number of anilines is 1. The van der Waals surface area contributed by atoms with E-state index in [2.05, 4.69) is 5.32 Å². The highest BCUT2D eigenvalue weighted by atomic mass is 19.1. The molecule has 0 radical (unpaired) electrons. The van der Waals surface area contributed by atoms with Gasteiger partial charge in [-0.2, -0.15) is 0 Å². The summed E-state index contributed by atoms with van der Waals surface area (Å²) in [5, 5.41) is 2.65. The Morgan fingerprint density at radius 3 is 2.38 bits per heavy atom. The molecule has 1 N–H and O–H groups in total. The van der Waals surface area contributed by atoms with Gasteiger partial charge >= 0.3 is 0 Å². The molecule has 0 saturated heterocycles. The van der Waals surface area contributed by atoms with E-state index < -0.39 is 0 Å². The number of carbonyl (C=O) groups is 2. The van der Waals surface area contributed by atoms with Crippen molar-refractivity contribution < 1.29 is 14.0 Å². The second-order valence-corrected chi connectivity index (χ2v) is 4.48. The zero-order chi connectivity index (χ0) is 15.2. The summed E-state index contributed by atoms with van der Waals surface area (Å²) >= 11 is 0. The largest absolute Gasteiger partial charge is 0.322 e. The molecule has 4 heteroatoms. The van der Waals surface area contributed by atoms with Crippen LogP contribution in [-0.2, 0) is 4.79 Å². The van der Waals surface area contributed by atoms with Gasteiger partial charge in [-0.3, -0.25) is 9.59 Å². The summed E-state index contributed by atoms with van der Waals surface area (Å²) in [7, 11) is 0. The summed E-state index contributed by atoms with van der Waals surface area (Å²) in [4.78, 5) is 23.3. The van der Waals surface area contributed by atoms with Crippen LogP contribution in [0.5, 0.6) is 0 Å². The molecule has 2 aromatic rings. The molecule has 0 aromatic heterocycles. The maximum Gasteiger partial charge on any atom is 0.248 e. The summed E-state index contributed by atoms with van der Waals surface area (Å²) in [5.41, 5.74) is 1.64. The molecule has 1 amide bonds. The minimum Gasteiger partial charge on any atom is -0.322 e. The van der Waals surface area contributed by atoms with E-state index in [1.165, 1.54) is 25.1 Å². The molecule has 3 nitrogen and oxygen atoms in total. The van der Waals surface area contributed by atoms with Crippen LogP contribution in [0.2, 0.25) is 0 Å². The number of halogens is 1. The van der Waals surface area contributed by atoms with Crippen LogP contribution in [0.3, 0.4) is 0 Å². The van der Waals surface area contributed by atoms with Crippen molar-refractivity contribution in [2.24, 2.45) is 0 Å². The van der Waals surface area contributed by atoms with E-state index in [-0.39, 0.29) is 17.5 Å². The molecule has 0 aliphatic heterocycles. The van der Waals surface area contributed by atoms with Gasteiger partial charge in [0.05, 0.1) is 5.69 Å². The number of nitrogens with one attached hydrogen (secondary N) is 1. The normalized spacial score (nSPS) is 10.6. The number of Topliss-reactive ketones (excluding diaryl/α,β-unsaturated/α-hetero) is 1. The first-order valence-corrected chi connectivity index (χ1v) is 6.41. The molecule has 2 rings (SSSR count). The summed E-state index contributed by atoms with van der Waals surface area (Å²) in [6.07, 6.45) is 2.91. The van der Waals surface area contributed by atoms with Crippen LogP contribution in [-0.4, -0.2) is 11.7 Å². The van der Waals surface area contributed by atoms with Gasteiger partial charge in [0, 0.05) is 11.6 Å². The third-order valence-corrected chi connectivity index (χ3v) is 2.86. The maximum atomic E-state index is 12.8. The Balaban J connectivity index is 2.08. The van der Waals surface area contributed by atoms with Gasteiger partial charge in [-0.05, 0) is 42.8 Å². The quantitative estimate of drug-likeness (QED) is 0.687. The van der Waals surface area contributed by atoms with E-state index in [1.54, 1.807) is 42.5 Å². The second-order valence-electron chi connectivity index (χ2n) is 4.48. The van der Waals surface area contributed by atoms with Crippen molar-refractivity contribution in [1.29, 1.82) is 0 Å². The van der Waals surface area contributed by atoms with Crippen LogP contribution >= 0.6 is 0 Å². The molecule has 0 unspecified atom stereocenters. The van der Waals surface area contributed by atoms with Gasteiger partial charge in [0.25, 0.3) is 0 Å². The third kappa shape index (κ3) is 4.11. The SMILES string of the molecule is CC(=O)c1ccccc1NC(=O)/C=C/c1ccc(F)cc1. The highest BCUT2D eigenvalue weighted by molar-refractivity contribution is 6.07. The van der Waals surface area contributed by atoms with Crippen LogP contribution in [0, 0.1) is 5.82 Å². The Hall–Kier alpha value is -2.75. The van der Waals surface area contributed by atoms with E-state index in [9.17, 15) is 14.0 Å². The molecule has 106 valence electrons. The van der Waals surface area contributed by atoms with Crippen LogP contribution in [0.25, 0.3) is 6.08 Å². The Morgan fingerprint density at radius 1 is 1.05 bits per heavy atom. The minimum atomic E-state index is -0.354. The lowest BCUT2D eigenvalue weighted by Gasteiger charge is -2.06. The van der Waals surface area contributed by atoms with Crippen molar-refractivity contribution in [1.82, 2.24) is 0 Å². The van der Waals surface area contributed by atoms with E-state index in [0.29, 0.717) is 16.8 Å². The lowest BCUT2D eigenvalue weighted by molar-refractivity contribution is -0.111. The predicted octanol–water partition coefficient (Wildman–Crippen LogP) is 3.68. The van der Waals surface area contributed by atoms with Crippen molar-refractivity contribution in [2.45, 2.75) is 6.92 Å². The smallest absolute Gasteiger partial charge is 0.248 e. The molecule has 0 saturated carbocycles. The first-order valence-electron chi connectivity index (χ1n) is 6.41. The zero-order valence-electron chi connectivity index (χ0n) is 11.5. The van der Waals surface area contributed by atoms with Gasteiger partial charge in [-0.15, -0.1) is 0 Å². The lowest BCUT2D eigenvalue weighted by atomic mass is 10.1. The van der Waals surface area contributed by atoms with Crippen molar-refractivity contribution in [2.75, 3.05) is 5.32 Å². The Kier molecular flexibility index (Phi) is 4.61. The number of amides is 1. The molecular weight excluding hydrogens is 269 g/mol. The van der Waals surface area contributed by atoms with Crippen molar-refractivity contribution in [3.63, 3.8) is 0 Å². The third-order valence-electron chi connectivity index (χ3n) is 2.86. The first-order chi connectivity index (χ1) is 10.1. The molecule has 2 aromatic carbocycles. The number of rotatable bonds is 4. The van der Waals surface area contributed by atoms with E-state index >= 15 is 0 Å². The van der Waals surface area contributed by atoms with Crippen molar-refractivity contribution in [3.05, 3.63) is 71.6 Å². The molecule has 0 heterocycles. The van der Waals surface area contributed by atoms with Crippen molar-refractivity contribution in [3.8, 4) is 0 Å². The average molecular weight is 283 g/mol. The van der Waals surface area contributed by atoms with Crippen LogP contribution in [0.1, 0.15) is 22.8 Å². The van der Waals surface area contributed by atoms with E-state index in [4.69, 9.17) is 0 Å². The Morgan fingerprint density at radius 2 is 1.71 bits per heavy atom. The van der Waals surface area contributed by atoms with Gasteiger partial charge in [-0.1, -0.05) is 24.3 Å². The van der Waals surface area contributed by atoms with E-state index in [0.717, 1.165) is 0 Å². The fraction of sp³-hybridized carbons (Fsp3) is 0.0588. The number of carbonyl (C=O) groups excluding carboxylic acids is 2. The Labute approximate surface area is 122 Å². The highest BCUT2D eigenvalue weighted by Crippen LogP contribution is 2.15. The number of hydrogen-bond acceptors (Lipinski definition) is 2. The first kappa shape index (κ1) is 14.7. The maximum absolute atomic E-state index is 12.8. The number of hydrogen-bond donors (Lipinski definition) is 1. The molecule has 21 heavy (non-hydrogen) atoms. The standard InChI is InChI=1S/C17H14FNO2/c1-12(20)15-4-2-3-5-16(15)19-17(21)11-8-13-6-9-14(18)10-7-13/h2-11H,1H3,(H,19,21)/b11-8+. The molecule has 0 aliphatic rings. The monoisotopic (exact) mass is 283 g/mol. The van der Waals surface area contributed by atoms with E-state index in [1.807, 2.05) is 0 Å². The van der Waals surface area contributed by atoms with Gasteiger partial charge in [0.2, 0.25) is 5.91 Å². The number of ketones is 1. The van der Waals surface area contributed by atoms with Gasteiger partial charge in [0.1, 0.15) is 5.82 Å². The zero-order valence-corrected chi connectivity index (χ0v) is 11.5. The topological polar surface area (TPSA) is 46.2 Å². The fourth-order valence-corrected chi connectivity index (χ4v) is 1.82. The molecule has 0 bridgehead atoms. The number of benzene rings is 2. The van der Waals surface area contributed by atoms with Gasteiger partial charge in [0.15, 0.2) is 5.78 Å². The lowest BCUT2D eigenvalue weighted by Crippen LogP contribution is -2.11. The average Bonchev–Trinajstić information content (AvgIpc) is 2.47. The van der Waals surface area contributed by atoms with Crippen LogP contribution in [0.15, 0.2) is 54.6 Å². The summed E-state index contributed by atoms with van der Waals surface area (Å²) in [5.74, 6) is -0.798. The van der Waals surface area contributed by atoms with Crippen molar-refractivity contribution >= 4 is 23.5 Å². The minimum absolute atomic E-state index is 0.117. The number of para-hydroxylation sites is 1. The summed E-state index contributed by atoms with van der Waals surface area (Å²) in [6.45, 7) is 1.44. The van der Waals surface area contributed by atoms with Gasteiger partial charge < -0.3 is 5.32 Å². The van der Waals surface area contributed by atoms with Crippen LogP contribution < -0.4 is 5.32 Å². The fourth-order valence-electron chi connectivity index (χ4n) is 1.82. The summed E-state index contributed by atoms with van der Waals surface area (Å²) < 4.78 is 12.8. The highest BCUT2D eigenvalue weighted by Gasteiger charge is 2.07. The Bertz CT molecular complexity index is 690. The molecule has 0 fully saturated rings. The molecule has 0 atom stereocenters. The van der Waals surface area contributed by atoms with Gasteiger partial charge in [-0.25, -0.2) is 4.39 Å². The molecule has 0 aliphatic carbocycles. The second kappa shape index (κ2) is 6.61.